The molecule has 86 valence electrons. The molecule has 1 aromatic rings. The van der Waals surface area contributed by atoms with Crippen LogP contribution in [0, 0.1) is 5.92 Å². The molecule has 0 unspecified atom stereocenters. The summed E-state index contributed by atoms with van der Waals surface area (Å²) < 4.78 is 0. The Labute approximate surface area is 96.9 Å². The fourth-order valence-electron chi connectivity index (χ4n) is 2.33. The van der Waals surface area contributed by atoms with Gasteiger partial charge in [-0.15, -0.1) is 0 Å². The third-order valence-electron chi connectivity index (χ3n) is 3.61. The summed E-state index contributed by atoms with van der Waals surface area (Å²) in [6.45, 7) is 1.35. The second-order valence-corrected chi connectivity index (χ2v) is 5.11. The van der Waals surface area contributed by atoms with Gasteiger partial charge in [0.2, 0.25) is 0 Å². The molecule has 16 heavy (non-hydrogen) atoms. The van der Waals surface area contributed by atoms with E-state index in [1.54, 1.807) is 0 Å². The van der Waals surface area contributed by atoms with Crippen molar-refractivity contribution < 1.29 is 5.11 Å². The van der Waals surface area contributed by atoms with Crippen LogP contribution in [0.5, 0.6) is 0 Å². The number of hydrogen-bond acceptors (Lipinski definition) is 2. The van der Waals surface area contributed by atoms with Crippen LogP contribution in [0.15, 0.2) is 24.3 Å². The highest BCUT2D eigenvalue weighted by atomic mass is 16.3. The van der Waals surface area contributed by atoms with E-state index in [2.05, 4.69) is 17.0 Å². The van der Waals surface area contributed by atoms with Crippen LogP contribution in [0.4, 0.5) is 5.69 Å². The van der Waals surface area contributed by atoms with E-state index in [0.29, 0.717) is 0 Å². The standard InChI is InChI=1S/C14H19NO/c16-10-12-3-1-2-4-14(12)15(13-7-8-13)9-11-5-6-11/h1-4,11,13,16H,5-10H2. The van der Waals surface area contributed by atoms with Gasteiger partial charge in [-0.3, -0.25) is 0 Å². The van der Waals surface area contributed by atoms with Crippen LogP contribution in [0.25, 0.3) is 0 Å². The molecule has 1 aromatic carbocycles. The Bertz CT molecular complexity index is 369. The molecule has 2 aliphatic carbocycles. The molecule has 2 saturated carbocycles. The largest absolute Gasteiger partial charge is 0.392 e. The monoisotopic (exact) mass is 217 g/mol. The van der Waals surface area contributed by atoms with Crippen LogP contribution >= 0.6 is 0 Å². The summed E-state index contributed by atoms with van der Waals surface area (Å²) in [4.78, 5) is 2.53. The number of rotatable bonds is 5. The van der Waals surface area contributed by atoms with Crippen molar-refractivity contribution in [3.63, 3.8) is 0 Å². The maximum absolute atomic E-state index is 9.39. The lowest BCUT2D eigenvalue weighted by atomic mass is 10.1. The van der Waals surface area contributed by atoms with Gasteiger partial charge < -0.3 is 10.0 Å². The molecule has 0 spiro atoms. The SMILES string of the molecule is OCc1ccccc1N(CC1CC1)C1CC1. The predicted octanol–water partition coefficient (Wildman–Crippen LogP) is 2.56. The lowest BCUT2D eigenvalue weighted by Crippen LogP contribution is -2.28. The van der Waals surface area contributed by atoms with Gasteiger partial charge in [-0.05, 0) is 37.7 Å². The van der Waals surface area contributed by atoms with Gasteiger partial charge in [-0.25, -0.2) is 0 Å². The summed E-state index contributed by atoms with van der Waals surface area (Å²) in [5.41, 5.74) is 2.34. The highest BCUT2D eigenvalue weighted by Crippen LogP contribution is 2.38. The number of benzene rings is 1. The molecule has 3 rings (SSSR count). The van der Waals surface area contributed by atoms with Gasteiger partial charge in [-0.1, -0.05) is 18.2 Å². The number of aliphatic hydroxyl groups excluding tert-OH is 1. The third kappa shape index (κ3) is 2.07. The van der Waals surface area contributed by atoms with Crippen molar-refractivity contribution in [3.05, 3.63) is 29.8 Å². The minimum atomic E-state index is 0.157. The lowest BCUT2D eigenvalue weighted by molar-refractivity contribution is 0.282. The Hall–Kier alpha value is -1.02. The summed E-state index contributed by atoms with van der Waals surface area (Å²) in [6.07, 6.45) is 5.44. The number of anilines is 1. The molecular formula is C14H19NO. The molecule has 2 aliphatic rings. The Morgan fingerprint density at radius 1 is 1.12 bits per heavy atom. The number of para-hydroxylation sites is 1. The Morgan fingerprint density at radius 2 is 1.88 bits per heavy atom. The molecule has 2 heteroatoms. The molecule has 2 nitrogen and oxygen atoms in total. The summed E-state index contributed by atoms with van der Waals surface area (Å²) in [6, 6.07) is 9.03. The maximum atomic E-state index is 9.39. The van der Waals surface area contributed by atoms with Gasteiger partial charge in [0.1, 0.15) is 0 Å². The Balaban J connectivity index is 1.84. The Kier molecular flexibility index (Phi) is 2.60. The molecule has 0 heterocycles. The van der Waals surface area contributed by atoms with E-state index in [-0.39, 0.29) is 6.61 Å². The molecule has 0 aromatic heterocycles. The molecular weight excluding hydrogens is 198 g/mol. The third-order valence-corrected chi connectivity index (χ3v) is 3.61. The predicted molar refractivity (Wildman–Crippen MR) is 65.5 cm³/mol. The van der Waals surface area contributed by atoms with E-state index in [9.17, 15) is 5.11 Å². The van der Waals surface area contributed by atoms with Crippen molar-refractivity contribution in [3.8, 4) is 0 Å². The minimum absolute atomic E-state index is 0.157. The van der Waals surface area contributed by atoms with Crippen LogP contribution in [-0.4, -0.2) is 17.7 Å². The smallest absolute Gasteiger partial charge is 0.0702 e. The van der Waals surface area contributed by atoms with Gasteiger partial charge in [-0.2, -0.15) is 0 Å². The molecule has 0 radical (unpaired) electrons. The van der Waals surface area contributed by atoms with Crippen molar-refractivity contribution in [2.45, 2.75) is 38.3 Å². The normalized spacial score (nSPS) is 19.8. The summed E-state index contributed by atoms with van der Waals surface area (Å²) in [5.74, 6) is 0.910. The van der Waals surface area contributed by atoms with E-state index < -0.39 is 0 Å². The zero-order chi connectivity index (χ0) is 11.0. The van der Waals surface area contributed by atoms with Crippen LogP contribution in [0.2, 0.25) is 0 Å². The van der Waals surface area contributed by atoms with Crippen molar-refractivity contribution in [1.29, 1.82) is 0 Å². The second kappa shape index (κ2) is 4.10. The van der Waals surface area contributed by atoms with E-state index in [1.165, 1.54) is 37.9 Å². The first-order chi connectivity index (χ1) is 7.88. The van der Waals surface area contributed by atoms with Gasteiger partial charge >= 0.3 is 0 Å². The van der Waals surface area contributed by atoms with Crippen LogP contribution in [-0.2, 0) is 6.61 Å². The Morgan fingerprint density at radius 3 is 2.50 bits per heavy atom. The van der Waals surface area contributed by atoms with Crippen molar-refractivity contribution >= 4 is 5.69 Å². The molecule has 1 N–H and O–H groups in total. The van der Waals surface area contributed by atoms with Gasteiger partial charge in [0.15, 0.2) is 0 Å². The van der Waals surface area contributed by atoms with Gasteiger partial charge in [0.05, 0.1) is 6.61 Å². The molecule has 0 saturated heterocycles. The maximum Gasteiger partial charge on any atom is 0.0702 e. The number of hydrogen-bond donors (Lipinski definition) is 1. The van der Waals surface area contributed by atoms with E-state index in [1.807, 2.05) is 12.1 Å². The van der Waals surface area contributed by atoms with Crippen molar-refractivity contribution in [2.75, 3.05) is 11.4 Å². The molecule has 2 fully saturated rings. The summed E-state index contributed by atoms with van der Waals surface area (Å²) in [5, 5.41) is 9.39. The molecule has 0 atom stereocenters. The first-order valence-corrected chi connectivity index (χ1v) is 6.34. The number of nitrogens with zero attached hydrogens (tertiary/aromatic N) is 1. The first-order valence-electron chi connectivity index (χ1n) is 6.34. The zero-order valence-corrected chi connectivity index (χ0v) is 9.60. The molecule has 0 amide bonds. The second-order valence-electron chi connectivity index (χ2n) is 5.11. The van der Waals surface area contributed by atoms with Gasteiger partial charge in [0.25, 0.3) is 0 Å². The zero-order valence-electron chi connectivity index (χ0n) is 9.60. The minimum Gasteiger partial charge on any atom is -0.392 e. The quantitative estimate of drug-likeness (QED) is 0.819. The highest BCUT2D eigenvalue weighted by molar-refractivity contribution is 5.55. The van der Waals surface area contributed by atoms with Crippen LogP contribution < -0.4 is 4.90 Å². The fraction of sp³-hybridized carbons (Fsp3) is 0.571. The van der Waals surface area contributed by atoms with Crippen LogP contribution in [0.1, 0.15) is 31.2 Å². The van der Waals surface area contributed by atoms with E-state index in [4.69, 9.17) is 0 Å². The average Bonchev–Trinajstić information content (AvgIpc) is 3.16. The van der Waals surface area contributed by atoms with Crippen LogP contribution in [0.3, 0.4) is 0 Å². The summed E-state index contributed by atoms with van der Waals surface area (Å²) in [7, 11) is 0. The molecule has 0 bridgehead atoms. The van der Waals surface area contributed by atoms with E-state index >= 15 is 0 Å². The molecule has 0 aliphatic heterocycles. The van der Waals surface area contributed by atoms with E-state index in [0.717, 1.165) is 17.5 Å². The average molecular weight is 217 g/mol. The van der Waals surface area contributed by atoms with Gasteiger partial charge in [0, 0.05) is 23.8 Å². The van der Waals surface area contributed by atoms with Crippen molar-refractivity contribution in [1.82, 2.24) is 0 Å². The van der Waals surface area contributed by atoms with Crippen molar-refractivity contribution in [2.24, 2.45) is 5.92 Å². The topological polar surface area (TPSA) is 23.5 Å². The lowest BCUT2D eigenvalue weighted by Gasteiger charge is -2.26. The number of aliphatic hydroxyl groups is 1. The highest BCUT2D eigenvalue weighted by Gasteiger charge is 2.34. The fourth-order valence-corrected chi connectivity index (χ4v) is 2.33. The summed E-state index contributed by atoms with van der Waals surface area (Å²) >= 11 is 0. The first kappa shape index (κ1) is 10.2.